The maximum atomic E-state index is 14.3. The van der Waals surface area contributed by atoms with Crippen molar-refractivity contribution in [1.29, 1.82) is 0 Å². The summed E-state index contributed by atoms with van der Waals surface area (Å²) in [6.45, 7) is 3.69. The molecule has 2 aliphatic rings. The van der Waals surface area contributed by atoms with Crippen LogP contribution in [0.1, 0.15) is 43.3 Å². The van der Waals surface area contributed by atoms with Gasteiger partial charge in [0.15, 0.2) is 11.6 Å². The summed E-state index contributed by atoms with van der Waals surface area (Å²) in [4.78, 5) is 10.7. The van der Waals surface area contributed by atoms with Crippen LogP contribution in [-0.2, 0) is 0 Å². The summed E-state index contributed by atoms with van der Waals surface area (Å²) in [5.74, 6) is 0.0617. The number of rotatable bonds is 6. The average molecular weight is 382 g/mol. The Morgan fingerprint density at radius 1 is 1.39 bits per heavy atom. The van der Waals surface area contributed by atoms with E-state index in [1.54, 1.807) is 6.07 Å². The zero-order valence-electron chi connectivity index (χ0n) is 15.9. The van der Waals surface area contributed by atoms with Crippen molar-refractivity contribution in [2.75, 3.05) is 30.3 Å². The molecule has 1 aromatic carbocycles. The van der Waals surface area contributed by atoms with Gasteiger partial charge in [-0.2, -0.15) is 0 Å². The summed E-state index contributed by atoms with van der Waals surface area (Å²) in [5.41, 5.74) is 7.17. The highest BCUT2D eigenvalue weighted by atomic mass is 19.1. The Morgan fingerprint density at radius 3 is 2.86 bits per heavy atom. The number of aliphatic hydroxyl groups is 1. The van der Waals surface area contributed by atoms with E-state index in [4.69, 9.17) is 18.3 Å². The van der Waals surface area contributed by atoms with Gasteiger partial charge in [-0.3, -0.25) is 0 Å². The van der Waals surface area contributed by atoms with Crippen LogP contribution in [0.3, 0.4) is 0 Å². The molecule has 28 heavy (non-hydrogen) atoms. The van der Waals surface area contributed by atoms with E-state index in [2.05, 4.69) is 14.9 Å². The lowest BCUT2D eigenvalue weighted by Crippen LogP contribution is -2.22. The van der Waals surface area contributed by atoms with Gasteiger partial charge in [0, 0.05) is 49.1 Å². The monoisotopic (exact) mass is 382 g/mol. The maximum absolute atomic E-state index is 14.3. The van der Waals surface area contributed by atoms with Gasteiger partial charge in [0.25, 0.3) is 0 Å². The Hall–Kier alpha value is -2.35. The standard InChI is InChI=1S/C20H24BFN4O2/c1-20(3-4-20)28-17-6-13(15(23)7-14(17)22)19(21)16-8-18(25-11-24-16)26-5-2-12(9-26)10-27/h6-8,11-12,19,27H,2-5,9-10,23H2,1H3. The molecule has 0 spiro atoms. The van der Waals surface area contributed by atoms with Crippen LogP contribution in [0.4, 0.5) is 15.9 Å². The van der Waals surface area contributed by atoms with Crippen molar-refractivity contribution in [3.63, 3.8) is 0 Å². The highest BCUT2D eigenvalue weighted by molar-refractivity contribution is 6.14. The molecule has 8 heteroatoms. The number of hydrogen-bond acceptors (Lipinski definition) is 6. The number of anilines is 2. The molecule has 1 aromatic heterocycles. The normalized spacial score (nSPS) is 21.5. The minimum absolute atomic E-state index is 0.166. The Kier molecular flexibility index (Phi) is 4.91. The first-order chi connectivity index (χ1) is 13.4. The predicted molar refractivity (Wildman–Crippen MR) is 106 cm³/mol. The smallest absolute Gasteiger partial charge is 0.167 e. The average Bonchev–Trinajstić information content (AvgIpc) is 3.22. The van der Waals surface area contributed by atoms with Crippen LogP contribution in [0.2, 0.25) is 0 Å². The Morgan fingerprint density at radius 2 is 2.18 bits per heavy atom. The zero-order valence-corrected chi connectivity index (χ0v) is 15.9. The van der Waals surface area contributed by atoms with Crippen molar-refractivity contribution < 1.29 is 14.2 Å². The summed E-state index contributed by atoms with van der Waals surface area (Å²) < 4.78 is 20.1. The largest absolute Gasteiger partial charge is 0.484 e. The molecule has 2 heterocycles. The van der Waals surface area contributed by atoms with E-state index in [-0.39, 0.29) is 29.6 Å². The first-order valence-corrected chi connectivity index (χ1v) is 9.60. The van der Waals surface area contributed by atoms with Crippen LogP contribution in [0.25, 0.3) is 0 Å². The van der Waals surface area contributed by atoms with E-state index in [0.29, 0.717) is 11.3 Å². The molecule has 1 aliphatic carbocycles. The molecule has 0 bridgehead atoms. The fraction of sp³-hybridized carbons (Fsp3) is 0.500. The van der Waals surface area contributed by atoms with E-state index < -0.39 is 11.6 Å². The summed E-state index contributed by atoms with van der Waals surface area (Å²) in [5, 5.41) is 9.35. The van der Waals surface area contributed by atoms with Crippen molar-refractivity contribution >= 4 is 19.4 Å². The van der Waals surface area contributed by atoms with Crippen LogP contribution in [0, 0.1) is 11.7 Å². The lowest BCUT2D eigenvalue weighted by molar-refractivity contribution is 0.191. The van der Waals surface area contributed by atoms with Gasteiger partial charge in [-0.1, -0.05) is 0 Å². The molecule has 146 valence electrons. The molecule has 2 radical (unpaired) electrons. The van der Waals surface area contributed by atoms with Crippen LogP contribution >= 0.6 is 0 Å². The third-order valence-electron chi connectivity index (χ3n) is 5.64. The molecule has 3 N–H and O–H groups in total. The first kappa shape index (κ1) is 19.0. The minimum Gasteiger partial charge on any atom is -0.484 e. The lowest BCUT2D eigenvalue weighted by atomic mass is 9.77. The van der Waals surface area contributed by atoms with E-state index >= 15 is 0 Å². The molecule has 4 rings (SSSR count). The molecule has 0 amide bonds. The number of ether oxygens (including phenoxy) is 1. The Labute approximate surface area is 165 Å². The third-order valence-corrected chi connectivity index (χ3v) is 5.64. The van der Waals surface area contributed by atoms with Crippen LogP contribution < -0.4 is 15.4 Å². The number of halogens is 1. The number of hydrogen-bond donors (Lipinski definition) is 2. The summed E-state index contributed by atoms with van der Waals surface area (Å²) >= 11 is 0. The van der Waals surface area contributed by atoms with E-state index in [1.165, 1.54) is 12.4 Å². The molecule has 1 saturated heterocycles. The molecule has 2 atom stereocenters. The second-order valence-electron chi connectivity index (χ2n) is 8.03. The summed E-state index contributed by atoms with van der Waals surface area (Å²) in [7, 11) is 6.43. The highest BCUT2D eigenvalue weighted by Gasteiger charge is 2.40. The maximum Gasteiger partial charge on any atom is 0.167 e. The second kappa shape index (κ2) is 7.24. The molecule has 2 aromatic rings. The van der Waals surface area contributed by atoms with E-state index in [9.17, 15) is 9.50 Å². The lowest BCUT2D eigenvalue weighted by Gasteiger charge is -2.21. The Bertz CT molecular complexity index is 877. The second-order valence-corrected chi connectivity index (χ2v) is 8.03. The fourth-order valence-electron chi connectivity index (χ4n) is 3.53. The fourth-order valence-corrected chi connectivity index (χ4v) is 3.53. The first-order valence-electron chi connectivity index (χ1n) is 9.60. The molecule has 6 nitrogen and oxygen atoms in total. The summed E-state index contributed by atoms with van der Waals surface area (Å²) in [6, 6.07) is 4.67. The van der Waals surface area contributed by atoms with E-state index in [0.717, 1.165) is 38.2 Å². The molecule has 1 saturated carbocycles. The van der Waals surface area contributed by atoms with Crippen molar-refractivity contribution in [3.05, 3.63) is 41.6 Å². The van der Waals surface area contributed by atoms with Crippen molar-refractivity contribution in [1.82, 2.24) is 9.97 Å². The van der Waals surface area contributed by atoms with Crippen molar-refractivity contribution in [2.24, 2.45) is 5.92 Å². The molecular weight excluding hydrogens is 358 g/mol. The zero-order chi connectivity index (χ0) is 19.9. The van der Waals surface area contributed by atoms with Crippen LogP contribution in [0.15, 0.2) is 24.5 Å². The molecule has 2 fully saturated rings. The molecule has 2 unspecified atom stereocenters. The Balaban J connectivity index is 1.60. The number of nitrogens with zero attached hydrogens (tertiary/aromatic N) is 3. The van der Waals surface area contributed by atoms with Gasteiger partial charge in [0.05, 0.1) is 7.85 Å². The van der Waals surface area contributed by atoms with Crippen LogP contribution in [0.5, 0.6) is 5.75 Å². The van der Waals surface area contributed by atoms with Gasteiger partial charge in [-0.15, -0.1) is 0 Å². The quantitative estimate of drug-likeness (QED) is 0.589. The van der Waals surface area contributed by atoms with Crippen molar-refractivity contribution in [2.45, 2.75) is 37.6 Å². The third kappa shape index (κ3) is 3.78. The van der Waals surface area contributed by atoms with Gasteiger partial charge in [-0.05, 0) is 43.6 Å². The van der Waals surface area contributed by atoms with Crippen molar-refractivity contribution in [3.8, 4) is 5.75 Å². The molecule has 1 aliphatic heterocycles. The van der Waals surface area contributed by atoms with Gasteiger partial charge in [0.1, 0.15) is 17.7 Å². The number of nitrogens with two attached hydrogens (primary N) is 1. The molecular formula is C20H24BFN4O2. The minimum atomic E-state index is -0.632. The topological polar surface area (TPSA) is 84.5 Å². The van der Waals surface area contributed by atoms with Gasteiger partial charge >= 0.3 is 0 Å². The number of benzene rings is 1. The number of aliphatic hydroxyl groups excluding tert-OH is 1. The SMILES string of the molecule is [B]C(c1cc(N2CCC(CO)C2)ncn1)c1cc(OC2(C)CC2)c(F)cc1N. The number of nitrogen functional groups attached to an aromatic ring is 1. The number of aromatic nitrogens is 2. The van der Waals surface area contributed by atoms with E-state index in [1.807, 2.05) is 13.0 Å². The summed E-state index contributed by atoms with van der Waals surface area (Å²) in [6.07, 6.45) is 4.20. The van der Waals surface area contributed by atoms with Gasteiger partial charge in [0.2, 0.25) is 0 Å². The van der Waals surface area contributed by atoms with Gasteiger partial charge < -0.3 is 20.5 Å². The van der Waals surface area contributed by atoms with Gasteiger partial charge in [-0.25, -0.2) is 14.4 Å². The highest BCUT2D eigenvalue weighted by Crippen LogP contribution is 2.42. The predicted octanol–water partition coefficient (Wildman–Crippen LogP) is 2.21. The van der Waals surface area contributed by atoms with Crippen LogP contribution in [-0.4, -0.2) is 48.2 Å².